The summed E-state index contributed by atoms with van der Waals surface area (Å²) in [6, 6.07) is 0. The van der Waals surface area contributed by atoms with Crippen LogP contribution in [0.2, 0.25) is 0 Å². The summed E-state index contributed by atoms with van der Waals surface area (Å²) in [7, 11) is 1.19. The van der Waals surface area contributed by atoms with Gasteiger partial charge in [-0.15, -0.1) is 4.58 Å². The number of allylic oxidation sites excluding steroid dienone is 1. The summed E-state index contributed by atoms with van der Waals surface area (Å²) in [5, 5.41) is 0. The van der Waals surface area contributed by atoms with E-state index in [0.29, 0.717) is 5.76 Å². The molecule has 0 aromatic carbocycles. The van der Waals surface area contributed by atoms with E-state index >= 15 is 0 Å². The van der Waals surface area contributed by atoms with Crippen LogP contribution in [0.1, 0.15) is 6.92 Å². The Morgan fingerprint density at radius 2 is 1.50 bits per heavy atom. The molecule has 0 unspecified atom stereocenters. The maximum Gasteiger partial charge on any atom is 0.716 e. The zero-order valence-corrected chi connectivity index (χ0v) is 8.75. The standard InChI is InChI=1S/C6H14O5Si/c1-6(2)10-11-12(7-3,8-4)9-5/h1H2,2-5H3. The van der Waals surface area contributed by atoms with Gasteiger partial charge in [-0.3, -0.25) is 0 Å². The fourth-order valence-corrected chi connectivity index (χ4v) is 1.42. The molecule has 0 fully saturated rings. The molecule has 0 saturated carbocycles. The van der Waals surface area contributed by atoms with Crippen molar-refractivity contribution >= 4 is 9.05 Å². The van der Waals surface area contributed by atoms with E-state index in [0.717, 1.165) is 0 Å². The summed E-state index contributed by atoms with van der Waals surface area (Å²) >= 11 is 0. The van der Waals surface area contributed by atoms with E-state index in [2.05, 4.69) is 11.5 Å². The van der Waals surface area contributed by atoms with Crippen molar-refractivity contribution in [2.75, 3.05) is 21.3 Å². The highest BCUT2D eigenvalue weighted by Crippen LogP contribution is 2.09. The lowest BCUT2D eigenvalue weighted by atomic mass is 10.7. The zero-order chi connectivity index (χ0) is 9.61. The SMILES string of the molecule is C=C(C)OO[Si](OC)(OC)OC. The summed E-state index contributed by atoms with van der Waals surface area (Å²) in [4.78, 5) is 4.67. The number of rotatable bonds is 6. The van der Waals surface area contributed by atoms with E-state index in [-0.39, 0.29) is 0 Å². The second-order valence-electron chi connectivity index (χ2n) is 1.98. The molecule has 0 radical (unpaired) electrons. The van der Waals surface area contributed by atoms with E-state index in [4.69, 9.17) is 17.9 Å². The molecule has 5 nitrogen and oxygen atoms in total. The smallest absolute Gasteiger partial charge is 0.353 e. The second kappa shape index (κ2) is 5.28. The first-order valence-electron chi connectivity index (χ1n) is 3.27. The lowest BCUT2D eigenvalue weighted by molar-refractivity contribution is -0.237. The molecule has 0 spiro atoms. The van der Waals surface area contributed by atoms with Gasteiger partial charge in [0.2, 0.25) is 0 Å². The maximum atomic E-state index is 4.89. The quantitative estimate of drug-likeness (QED) is 0.271. The Kier molecular flexibility index (Phi) is 5.10. The van der Waals surface area contributed by atoms with Gasteiger partial charge >= 0.3 is 9.05 Å². The molecular formula is C6H14O5Si. The van der Waals surface area contributed by atoms with Crippen molar-refractivity contribution in [2.24, 2.45) is 0 Å². The molecule has 0 heterocycles. The van der Waals surface area contributed by atoms with Crippen LogP contribution in [-0.4, -0.2) is 30.4 Å². The fourth-order valence-electron chi connectivity index (χ4n) is 0.474. The molecule has 0 aromatic heterocycles. The second-order valence-corrected chi connectivity index (χ2v) is 4.37. The van der Waals surface area contributed by atoms with Crippen molar-refractivity contribution in [3.05, 3.63) is 12.3 Å². The van der Waals surface area contributed by atoms with Gasteiger partial charge < -0.3 is 18.2 Å². The predicted octanol–water partition coefficient (Wildman–Crippen LogP) is 0.843. The van der Waals surface area contributed by atoms with Gasteiger partial charge in [0.05, 0.1) is 0 Å². The summed E-state index contributed by atoms with van der Waals surface area (Å²) in [5.74, 6) is 0.401. The maximum absolute atomic E-state index is 4.89. The Hall–Kier alpha value is -0.403. The van der Waals surface area contributed by atoms with Gasteiger partial charge in [0.15, 0.2) is 0 Å². The first-order valence-corrected chi connectivity index (χ1v) is 4.90. The fraction of sp³-hybridized carbons (Fsp3) is 0.667. The Morgan fingerprint density at radius 1 is 1.08 bits per heavy atom. The molecule has 0 aliphatic heterocycles. The van der Waals surface area contributed by atoms with Crippen molar-refractivity contribution in [2.45, 2.75) is 6.92 Å². The van der Waals surface area contributed by atoms with Crippen molar-refractivity contribution < 1.29 is 22.7 Å². The minimum Gasteiger partial charge on any atom is -0.353 e. The predicted molar refractivity (Wildman–Crippen MR) is 43.8 cm³/mol. The Labute approximate surface area is 73.2 Å². The highest BCUT2D eigenvalue weighted by Gasteiger charge is 2.45. The van der Waals surface area contributed by atoms with Gasteiger partial charge in [-0.2, -0.15) is 0 Å². The molecule has 6 heteroatoms. The van der Waals surface area contributed by atoms with Crippen LogP contribution in [0.5, 0.6) is 0 Å². The topological polar surface area (TPSA) is 46.2 Å². The van der Waals surface area contributed by atoms with Gasteiger partial charge in [-0.05, 0) is 6.92 Å². The van der Waals surface area contributed by atoms with E-state index in [9.17, 15) is 0 Å². The van der Waals surface area contributed by atoms with E-state index < -0.39 is 9.05 Å². The largest absolute Gasteiger partial charge is 0.716 e. The molecular weight excluding hydrogens is 180 g/mol. The van der Waals surface area contributed by atoms with Crippen molar-refractivity contribution in [1.29, 1.82) is 0 Å². The number of hydrogen-bond acceptors (Lipinski definition) is 5. The molecule has 0 aliphatic rings. The van der Waals surface area contributed by atoms with E-state index in [1.807, 2.05) is 0 Å². The first kappa shape index (κ1) is 11.6. The van der Waals surface area contributed by atoms with Crippen LogP contribution in [0, 0.1) is 0 Å². The zero-order valence-electron chi connectivity index (χ0n) is 7.75. The third kappa shape index (κ3) is 3.33. The average molecular weight is 194 g/mol. The highest BCUT2D eigenvalue weighted by molar-refractivity contribution is 6.53. The average Bonchev–Trinajstić information content (AvgIpc) is 2.08. The minimum absolute atomic E-state index is 0.401. The Balaban J connectivity index is 4.01. The molecule has 0 bridgehead atoms. The van der Waals surface area contributed by atoms with Crippen LogP contribution >= 0.6 is 0 Å². The monoisotopic (exact) mass is 194 g/mol. The molecule has 0 rings (SSSR count). The third-order valence-electron chi connectivity index (χ3n) is 1.04. The van der Waals surface area contributed by atoms with Gasteiger partial charge in [0, 0.05) is 21.3 Å². The highest BCUT2D eigenvalue weighted by atomic mass is 28.4. The van der Waals surface area contributed by atoms with E-state index in [1.165, 1.54) is 21.3 Å². The van der Waals surface area contributed by atoms with Gasteiger partial charge in [0.1, 0.15) is 5.76 Å². The molecule has 0 saturated heterocycles. The molecule has 0 aliphatic carbocycles. The van der Waals surface area contributed by atoms with Crippen LogP contribution in [0.4, 0.5) is 0 Å². The summed E-state index contributed by atoms with van der Waals surface area (Å²) < 4.78 is 19.5. The van der Waals surface area contributed by atoms with Crippen molar-refractivity contribution in [3.8, 4) is 0 Å². The Bertz CT molecular complexity index is 137. The van der Waals surface area contributed by atoms with Crippen LogP contribution in [0.3, 0.4) is 0 Å². The summed E-state index contributed by atoms with van der Waals surface area (Å²) in [6.07, 6.45) is 0. The molecule has 72 valence electrons. The summed E-state index contributed by atoms with van der Waals surface area (Å²) in [6.45, 7) is 5.11. The molecule has 0 aromatic rings. The van der Waals surface area contributed by atoms with E-state index in [1.54, 1.807) is 6.92 Å². The van der Waals surface area contributed by atoms with Gasteiger partial charge in [-0.1, -0.05) is 6.58 Å². The minimum atomic E-state index is -3.06. The van der Waals surface area contributed by atoms with Gasteiger partial charge in [0.25, 0.3) is 0 Å². The Morgan fingerprint density at radius 3 is 1.75 bits per heavy atom. The molecule has 0 N–H and O–H groups in total. The van der Waals surface area contributed by atoms with Crippen LogP contribution < -0.4 is 0 Å². The first-order chi connectivity index (χ1) is 5.60. The van der Waals surface area contributed by atoms with Crippen molar-refractivity contribution in [3.63, 3.8) is 0 Å². The lowest BCUT2D eigenvalue weighted by Gasteiger charge is -2.21. The lowest BCUT2D eigenvalue weighted by Crippen LogP contribution is -2.46. The third-order valence-corrected chi connectivity index (χ3v) is 2.82. The van der Waals surface area contributed by atoms with Crippen LogP contribution in [-0.2, 0) is 22.7 Å². The van der Waals surface area contributed by atoms with Crippen molar-refractivity contribution in [1.82, 2.24) is 0 Å². The molecule has 0 atom stereocenters. The van der Waals surface area contributed by atoms with Crippen LogP contribution in [0.25, 0.3) is 0 Å². The normalized spacial score (nSPS) is 11.3. The van der Waals surface area contributed by atoms with Gasteiger partial charge in [-0.25, -0.2) is 0 Å². The van der Waals surface area contributed by atoms with Crippen LogP contribution in [0.15, 0.2) is 12.3 Å². The summed E-state index contributed by atoms with van der Waals surface area (Å²) in [5.41, 5.74) is 0. The molecule has 0 amide bonds. The number of hydrogen-bond donors (Lipinski definition) is 0. The molecule has 12 heavy (non-hydrogen) atoms.